The molecular weight excluding hydrogens is 477 g/mol. The van der Waals surface area contributed by atoms with Gasteiger partial charge in [-0.1, -0.05) is 30.3 Å². The zero-order valence-electron chi connectivity index (χ0n) is 18.1. The molecule has 29 heavy (non-hydrogen) atoms. The third-order valence-corrected chi connectivity index (χ3v) is 6.08. The van der Waals surface area contributed by atoms with Crippen molar-refractivity contribution in [1.82, 2.24) is 20.4 Å². The largest absolute Gasteiger partial charge is 0.383 e. The number of rotatable bonds is 8. The number of guanidine groups is 1. The summed E-state index contributed by atoms with van der Waals surface area (Å²) in [6.45, 7) is 8.34. The second kappa shape index (κ2) is 12.7. The molecule has 6 nitrogen and oxygen atoms in total. The highest BCUT2D eigenvalue weighted by atomic mass is 127. The molecule has 1 aromatic carbocycles. The molecule has 1 aromatic rings. The number of nitrogens with zero attached hydrogens (tertiary/aromatic N) is 3. The van der Waals surface area contributed by atoms with E-state index in [0.29, 0.717) is 18.1 Å². The highest BCUT2D eigenvalue weighted by Crippen LogP contribution is 2.20. The maximum Gasteiger partial charge on any atom is 0.191 e. The third kappa shape index (κ3) is 7.38. The molecule has 2 aliphatic heterocycles. The Kier molecular flexibility index (Phi) is 10.7. The Labute approximate surface area is 193 Å². The monoisotopic (exact) mass is 515 g/mol. The molecule has 0 saturated carbocycles. The third-order valence-electron chi connectivity index (χ3n) is 6.08. The first-order chi connectivity index (χ1) is 13.7. The predicted molar refractivity (Wildman–Crippen MR) is 131 cm³/mol. The highest BCUT2D eigenvalue weighted by molar-refractivity contribution is 14.0. The first-order valence-electron chi connectivity index (χ1n) is 10.7. The molecule has 0 amide bonds. The van der Waals surface area contributed by atoms with Gasteiger partial charge in [0.05, 0.1) is 6.61 Å². The maximum absolute atomic E-state index is 5.25. The maximum atomic E-state index is 5.25. The molecular formula is C22H38IN5O. The second-order valence-corrected chi connectivity index (χ2v) is 8.12. The lowest BCUT2D eigenvalue weighted by molar-refractivity contribution is 0.141. The zero-order valence-corrected chi connectivity index (χ0v) is 20.5. The fraction of sp³-hybridized carbons (Fsp3) is 0.682. The molecule has 7 heteroatoms. The Balaban J connectivity index is 0.00000300. The first-order valence-corrected chi connectivity index (χ1v) is 10.7. The lowest BCUT2D eigenvalue weighted by Gasteiger charge is -2.26. The standard InChI is InChI=1S/C22H37N5O.HI/c1-18-14-20(17-27(18)16-19-8-5-4-6-9-19)25-22(23-2)24-15-21-10-7-11-26(21)12-13-28-3;/h4-6,8-9,18,20-21H,7,10-17H2,1-3H3,(H2,23,24,25);1H. The smallest absolute Gasteiger partial charge is 0.191 e. The fourth-order valence-electron chi connectivity index (χ4n) is 4.47. The summed E-state index contributed by atoms with van der Waals surface area (Å²) < 4.78 is 5.25. The van der Waals surface area contributed by atoms with E-state index in [1.807, 2.05) is 7.05 Å². The van der Waals surface area contributed by atoms with Gasteiger partial charge in [0.1, 0.15) is 0 Å². The molecule has 3 unspecified atom stereocenters. The van der Waals surface area contributed by atoms with Crippen LogP contribution >= 0.6 is 24.0 Å². The number of ether oxygens (including phenoxy) is 1. The number of hydrogen-bond donors (Lipinski definition) is 2. The SMILES string of the molecule is CN=C(NCC1CCCN1CCOC)NC1CC(C)N(Cc2ccccc2)C1.I. The second-order valence-electron chi connectivity index (χ2n) is 8.12. The highest BCUT2D eigenvalue weighted by Gasteiger charge is 2.30. The molecule has 0 bridgehead atoms. The van der Waals surface area contributed by atoms with Gasteiger partial charge in [-0.3, -0.25) is 14.8 Å². The van der Waals surface area contributed by atoms with Crippen LogP contribution in [0.4, 0.5) is 0 Å². The number of nitrogens with one attached hydrogen (secondary N) is 2. The van der Waals surface area contributed by atoms with Crippen molar-refractivity contribution >= 4 is 29.9 Å². The summed E-state index contributed by atoms with van der Waals surface area (Å²) in [5.41, 5.74) is 1.38. The average Bonchev–Trinajstić information content (AvgIpc) is 3.30. The van der Waals surface area contributed by atoms with Gasteiger partial charge >= 0.3 is 0 Å². The van der Waals surface area contributed by atoms with Crippen LogP contribution in [0, 0.1) is 0 Å². The zero-order chi connectivity index (χ0) is 19.8. The summed E-state index contributed by atoms with van der Waals surface area (Å²) in [7, 11) is 3.64. The van der Waals surface area contributed by atoms with Crippen LogP contribution < -0.4 is 10.6 Å². The van der Waals surface area contributed by atoms with Gasteiger partial charge < -0.3 is 15.4 Å². The number of aliphatic imine (C=N–C) groups is 1. The van der Waals surface area contributed by atoms with Crippen molar-refractivity contribution in [2.45, 2.75) is 50.9 Å². The van der Waals surface area contributed by atoms with E-state index < -0.39 is 0 Å². The van der Waals surface area contributed by atoms with Gasteiger partial charge in [0.15, 0.2) is 5.96 Å². The molecule has 0 aliphatic carbocycles. The normalized spacial score (nSPS) is 25.8. The van der Waals surface area contributed by atoms with Crippen LogP contribution in [0.1, 0.15) is 31.7 Å². The van der Waals surface area contributed by atoms with E-state index in [-0.39, 0.29) is 24.0 Å². The Bertz CT molecular complexity index is 614. The lowest BCUT2D eigenvalue weighted by Crippen LogP contribution is -2.48. The molecule has 2 heterocycles. The van der Waals surface area contributed by atoms with E-state index in [1.165, 1.54) is 24.9 Å². The van der Waals surface area contributed by atoms with Crippen LogP contribution in [0.3, 0.4) is 0 Å². The van der Waals surface area contributed by atoms with Crippen molar-refractivity contribution in [3.8, 4) is 0 Å². The van der Waals surface area contributed by atoms with Crippen molar-refractivity contribution in [3.63, 3.8) is 0 Å². The Morgan fingerprint density at radius 3 is 2.76 bits per heavy atom. The van der Waals surface area contributed by atoms with Gasteiger partial charge in [0.2, 0.25) is 0 Å². The Morgan fingerprint density at radius 1 is 1.24 bits per heavy atom. The van der Waals surface area contributed by atoms with E-state index in [2.05, 4.69) is 62.7 Å². The van der Waals surface area contributed by atoms with Crippen molar-refractivity contribution in [2.75, 3.05) is 46.9 Å². The van der Waals surface area contributed by atoms with Crippen LogP contribution in [0.2, 0.25) is 0 Å². The molecule has 164 valence electrons. The molecule has 2 saturated heterocycles. The quantitative estimate of drug-likeness (QED) is 0.317. The van der Waals surface area contributed by atoms with E-state index in [4.69, 9.17) is 4.74 Å². The van der Waals surface area contributed by atoms with Gasteiger partial charge in [0, 0.05) is 58.5 Å². The number of methoxy groups -OCH3 is 1. The van der Waals surface area contributed by atoms with Crippen LogP contribution in [-0.4, -0.2) is 80.8 Å². The molecule has 0 spiro atoms. The van der Waals surface area contributed by atoms with E-state index in [9.17, 15) is 0 Å². The van der Waals surface area contributed by atoms with Gasteiger partial charge in [0.25, 0.3) is 0 Å². The number of likely N-dealkylation sites (tertiary alicyclic amines) is 2. The van der Waals surface area contributed by atoms with Gasteiger partial charge in [-0.15, -0.1) is 24.0 Å². The lowest BCUT2D eigenvalue weighted by atomic mass is 10.2. The topological polar surface area (TPSA) is 52.1 Å². The predicted octanol–water partition coefficient (Wildman–Crippen LogP) is 2.54. The van der Waals surface area contributed by atoms with Crippen molar-refractivity contribution < 1.29 is 4.74 Å². The number of hydrogen-bond acceptors (Lipinski definition) is 4. The molecule has 2 fully saturated rings. The summed E-state index contributed by atoms with van der Waals surface area (Å²) >= 11 is 0. The Morgan fingerprint density at radius 2 is 2.03 bits per heavy atom. The fourth-order valence-corrected chi connectivity index (χ4v) is 4.47. The van der Waals surface area contributed by atoms with E-state index in [0.717, 1.165) is 45.2 Å². The molecule has 0 radical (unpaired) electrons. The van der Waals surface area contributed by atoms with Gasteiger partial charge in [-0.2, -0.15) is 0 Å². The van der Waals surface area contributed by atoms with Gasteiger partial charge in [-0.05, 0) is 38.3 Å². The molecule has 3 rings (SSSR count). The van der Waals surface area contributed by atoms with Crippen LogP contribution in [0.15, 0.2) is 35.3 Å². The van der Waals surface area contributed by atoms with Crippen LogP contribution in [0.25, 0.3) is 0 Å². The first kappa shape index (κ1) is 24.4. The number of benzene rings is 1. The molecule has 0 aromatic heterocycles. The minimum Gasteiger partial charge on any atom is -0.383 e. The minimum atomic E-state index is 0. The van der Waals surface area contributed by atoms with Crippen molar-refractivity contribution in [2.24, 2.45) is 4.99 Å². The van der Waals surface area contributed by atoms with Crippen molar-refractivity contribution in [3.05, 3.63) is 35.9 Å². The summed E-state index contributed by atoms with van der Waals surface area (Å²) in [6, 6.07) is 12.3. The van der Waals surface area contributed by atoms with Crippen LogP contribution in [0.5, 0.6) is 0 Å². The minimum absolute atomic E-state index is 0. The molecule has 3 atom stereocenters. The molecule has 2 aliphatic rings. The van der Waals surface area contributed by atoms with E-state index in [1.54, 1.807) is 7.11 Å². The summed E-state index contributed by atoms with van der Waals surface area (Å²) in [5.74, 6) is 0.928. The Hall–Kier alpha value is -0.900. The van der Waals surface area contributed by atoms with E-state index >= 15 is 0 Å². The summed E-state index contributed by atoms with van der Waals surface area (Å²) in [5, 5.41) is 7.21. The summed E-state index contributed by atoms with van der Waals surface area (Å²) in [6.07, 6.45) is 3.67. The van der Waals surface area contributed by atoms with Crippen molar-refractivity contribution in [1.29, 1.82) is 0 Å². The van der Waals surface area contributed by atoms with Gasteiger partial charge in [-0.25, -0.2) is 0 Å². The average molecular weight is 515 g/mol. The van der Waals surface area contributed by atoms with Crippen LogP contribution in [-0.2, 0) is 11.3 Å². The molecule has 2 N–H and O–H groups in total. The summed E-state index contributed by atoms with van der Waals surface area (Å²) in [4.78, 5) is 9.56. The number of halogens is 1.